The van der Waals surface area contributed by atoms with Crippen LogP contribution in [-0.4, -0.2) is 71.3 Å². The SMILES string of the molecule is Cc1cc(C)n(CC(C)N2CCN(CC(=O)N(C)c3ccccc3)CC2)n1. The van der Waals surface area contributed by atoms with Crippen LogP contribution in [0.3, 0.4) is 0 Å². The predicted molar refractivity (Wildman–Crippen MR) is 109 cm³/mol. The van der Waals surface area contributed by atoms with Crippen molar-refractivity contribution < 1.29 is 4.79 Å². The Balaban J connectivity index is 1.47. The molecule has 0 N–H and O–H groups in total. The van der Waals surface area contributed by atoms with Gasteiger partial charge >= 0.3 is 0 Å². The van der Waals surface area contributed by atoms with E-state index in [0.717, 1.165) is 44.1 Å². The van der Waals surface area contributed by atoms with Gasteiger partial charge in [-0.05, 0) is 39.0 Å². The van der Waals surface area contributed by atoms with E-state index < -0.39 is 0 Å². The van der Waals surface area contributed by atoms with Crippen LogP contribution >= 0.6 is 0 Å². The van der Waals surface area contributed by atoms with Crippen LogP contribution < -0.4 is 4.90 Å². The summed E-state index contributed by atoms with van der Waals surface area (Å²) in [4.78, 5) is 19.1. The van der Waals surface area contributed by atoms with Gasteiger partial charge in [-0.3, -0.25) is 19.3 Å². The molecule has 1 aromatic heterocycles. The molecule has 2 heterocycles. The smallest absolute Gasteiger partial charge is 0.240 e. The van der Waals surface area contributed by atoms with Gasteiger partial charge in [-0.15, -0.1) is 0 Å². The molecule has 0 saturated carbocycles. The van der Waals surface area contributed by atoms with Crippen LogP contribution in [0.15, 0.2) is 36.4 Å². The van der Waals surface area contributed by atoms with Crippen molar-refractivity contribution in [3.63, 3.8) is 0 Å². The molecule has 1 aromatic carbocycles. The number of anilines is 1. The monoisotopic (exact) mass is 369 g/mol. The average molecular weight is 370 g/mol. The number of carbonyl (C=O) groups excluding carboxylic acids is 1. The number of benzene rings is 1. The second-order valence-electron chi connectivity index (χ2n) is 7.56. The summed E-state index contributed by atoms with van der Waals surface area (Å²) in [7, 11) is 1.85. The van der Waals surface area contributed by atoms with Gasteiger partial charge in [0.2, 0.25) is 5.91 Å². The third kappa shape index (κ3) is 4.96. The van der Waals surface area contributed by atoms with Crippen molar-refractivity contribution in [2.45, 2.75) is 33.4 Å². The Labute approximate surface area is 162 Å². The van der Waals surface area contributed by atoms with E-state index in [1.54, 1.807) is 4.90 Å². The van der Waals surface area contributed by atoms with Crippen LogP contribution in [0.1, 0.15) is 18.3 Å². The Morgan fingerprint density at radius 3 is 2.41 bits per heavy atom. The number of para-hydroxylation sites is 1. The summed E-state index contributed by atoms with van der Waals surface area (Å²) in [6, 6.07) is 12.4. The summed E-state index contributed by atoms with van der Waals surface area (Å²) in [6.45, 7) is 11.6. The van der Waals surface area contributed by atoms with E-state index in [-0.39, 0.29) is 5.91 Å². The highest BCUT2D eigenvalue weighted by molar-refractivity contribution is 5.94. The third-order valence-electron chi connectivity index (χ3n) is 5.45. The Morgan fingerprint density at radius 2 is 1.81 bits per heavy atom. The van der Waals surface area contributed by atoms with Crippen LogP contribution in [0.4, 0.5) is 5.69 Å². The second-order valence-corrected chi connectivity index (χ2v) is 7.56. The maximum absolute atomic E-state index is 12.6. The Hall–Kier alpha value is -2.18. The van der Waals surface area contributed by atoms with Crippen molar-refractivity contribution >= 4 is 11.6 Å². The van der Waals surface area contributed by atoms with E-state index in [9.17, 15) is 4.79 Å². The Bertz CT molecular complexity index is 749. The molecule has 1 unspecified atom stereocenters. The second kappa shape index (κ2) is 8.67. The first-order valence-electron chi connectivity index (χ1n) is 9.73. The molecular formula is C21H31N5O. The summed E-state index contributed by atoms with van der Waals surface area (Å²) in [5, 5.41) is 4.58. The van der Waals surface area contributed by atoms with Gasteiger partial charge in [0, 0.05) is 50.6 Å². The zero-order valence-corrected chi connectivity index (χ0v) is 16.9. The number of piperazine rings is 1. The number of hydrogen-bond acceptors (Lipinski definition) is 4. The lowest BCUT2D eigenvalue weighted by Crippen LogP contribution is -2.52. The minimum atomic E-state index is 0.144. The largest absolute Gasteiger partial charge is 0.314 e. The Kier molecular flexibility index (Phi) is 6.29. The fraction of sp³-hybridized carbons (Fsp3) is 0.524. The molecule has 0 spiro atoms. The maximum atomic E-state index is 12.6. The van der Waals surface area contributed by atoms with Gasteiger partial charge < -0.3 is 4.90 Å². The quantitative estimate of drug-likeness (QED) is 0.783. The molecule has 0 bridgehead atoms. The number of hydrogen-bond donors (Lipinski definition) is 0. The van der Waals surface area contributed by atoms with E-state index >= 15 is 0 Å². The molecule has 1 amide bonds. The summed E-state index contributed by atoms with van der Waals surface area (Å²) < 4.78 is 2.10. The summed E-state index contributed by atoms with van der Waals surface area (Å²) >= 11 is 0. The van der Waals surface area contributed by atoms with Crippen LogP contribution in [0.25, 0.3) is 0 Å². The molecule has 1 saturated heterocycles. The number of aryl methyl sites for hydroxylation is 2. The average Bonchev–Trinajstić information content (AvgIpc) is 2.99. The molecule has 0 aliphatic carbocycles. The lowest BCUT2D eigenvalue weighted by Gasteiger charge is -2.38. The number of aromatic nitrogens is 2. The number of nitrogens with zero attached hydrogens (tertiary/aromatic N) is 5. The molecule has 27 heavy (non-hydrogen) atoms. The number of amides is 1. The molecule has 6 nitrogen and oxygen atoms in total. The van der Waals surface area contributed by atoms with Gasteiger partial charge in [0.25, 0.3) is 0 Å². The zero-order chi connectivity index (χ0) is 19.4. The van der Waals surface area contributed by atoms with Gasteiger partial charge in [-0.25, -0.2) is 0 Å². The first kappa shape index (κ1) is 19.6. The van der Waals surface area contributed by atoms with Crippen LogP contribution in [-0.2, 0) is 11.3 Å². The van der Waals surface area contributed by atoms with E-state index in [0.29, 0.717) is 12.6 Å². The van der Waals surface area contributed by atoms with Crippen molar-refractivity contribution in [1.82, 2.24) is 19.6 Å². The van der Waals surface area contributed by atoms with Crippen molar-refractivity contribution in [3.8, 4) is 0 Å². The fourth-order valence-electron chi connectivity index (χ4n) is 3.68. The fourth-order valence-corrected chi connectivity index (χ4v) is 3.68. The van der Waals surface area contributed by atoms with Crippen molar-refractivity contribution in [2.75, 3.05) is 44.7 Å². The summed E-state index contributed by atoms with van der Waals surface area (Å²) in [6.07, 6.45) is 0. The van der Waals surface area contributed by atoms with Gasteiger partial charge in [0.1, 0.15) is 0 Å². The molecule has 0 radical (unpaired) electrons. The van der Waals surface area contributed by atoms with E-state index in [1.165, 1.54) is 5.69 Å². The molecule has 2 aromatic rings. The highest BCUT2D eigenvalue weighted by Crippen LogP contribution is 2.13. The number of rotatable bonds is 6. The minimum absolute atomic E-state index is 0.144. The maximum Gasteiger partial charge on any atom is 0.240 e. The first-order valence-corrected chi connectivity index (χ1v) is 9.73. The molecule has 1 atom stereocenters. The van der Waals surface area contributed by atoms with Gasteiger partial charge in [0.05, 0.1) is 18.8 Å². The van der Waals surface area contributed by atoms with E-state index in [1.807, 2.05) is 44.3 Å². The van der Waals surface area contributed by atoms with Crippen LogP contribution in [0, 0.1) is 13.8 Å². The molecular weight excluding hydrogens is 338 g/mol. The van der Waals surface area contributed by atoms with Crippen molar-refractivity contribution in [3.05, 3.63) is 47.8 Å². The van der Waals surface area contributed by atoms with Gasteiger partial charge in [-0.1, -0.05) is 18.2 Å². The molecule has 1 aliphatic heterocycles. The normalized spacial score (nSPS) is 17.0. The highest BCUT2D eigenvalue weighted by Gasteiger charge is 2.24. The summed E-state index contributed by atoms with van der Waals surface area (Å²) in [5.74, 6) is 0.144. The molecule has 6 heteroatoms. The number of carbonyl (C=O) groups is 1. The molecule has 3 rings (SSSR count). The van der Waals surface area contributed by atoms with Gasteiger partial charge in [0.15, 0.2) is 0 Å². The lowest BCUT2D eigenvalue weighted by molar-refractivity contribution is -0.119. The van der Waals surface area contributed by atoms with Crippen LogP contribution in [0.2, 0.25) is 0 Å². The van der Waals surface area contributed by atoms with Crippen molar-refractivity contribution in [2.24, 2.45) is 0 Å². The molecule has 1 aliphatic rings. The minimum Gasteiger partial charge on any atom is -0.314 e. The highest BCUT2D eigenvalue weighted by atomic mass is 16.2. The lowest BCUT2D eigenvalue weighted by atomic mass is 10.2. The van der Waals surface area contributed by atoms with E-state index in [2.05, 4.69) is 39.5 Å². The van der Waals surface area contributed by atoms with Crippen LogP contribution in [0.5, 0.6) is 0 Å². The molecule has 1 fully saturated rings. The van der Waals surface area contributed by atoms with E-state index in [4.69, 9.17) is 0 Å². The standard InChI is InChI=1S/C21H31N5O/c1-17-14-18(2)26(22-17)15-19(3)25-12-10-24(11-13-25)16-21(27)23(4)20-8-6-5-7-9-20/h5-9,14,19H,10-13,15-16H2,1-4H3. The molecule has 146 valence electrons. The topological polar surface area (TPSA) is 44.6 Å². The van der Waals surface area contributed by atoms with Gasteiger partial charge in [-0.2, -0.15) is 5.10 Å². The first-order chi connectivity index (χ1) is 12.9. The number of likely N-dealkylation sites (N-methyl/N-ethyl adjacent to an activating group) is 1. The Morgan fingerprint density at radius 1 is 1.15 bits per heavy atom. The predicted octanol–water partition coefficient (Wildman–Crippen LogP) is 2.17. The summed E-state index contributed by atoms with van der Waals surface area (Å²) in [5.41, 5.74) is 3.23. The third-order valence-corrected chi connectivity index (χ3v) is 5.45. The van der Waals surface area contributed by atoms with Crippen molar-refractivity contribution in [1.29, 1.82) is 0 Å². The zero-order valence-electron chi connectivity index (χ0n) is 16.9.